The zero-order valence-corrected chi connectivity index (χ0v) is 14.6. The molecular formula is C19H19N3O5. The number of amides is 3. The highest BCUT2D eigenvalue weighted by Crippen LogP contribution is 2.29. The van der Waals surface area contributed by atoms with Crippen LogP contribution in [0.15, 0.2) is 18.2 Å². The molecule has 2 heterocycles. The van der Waals surface area contributed by atoms with Gasteiger partial charge < -0.3 is 20.2 Å². The van der Waals surface area contributed by atoms with E-state index in [0.717, 1.165) is 5.56 Å². The van der Waals surface area contributed by atoms with Crippen molar-refractivity contribution >= 4 is 24.0 Å². The second-order valence-electron chi connectivity index (χ2n) is 6.35. The van der Waals surface area contributed by atoms with Gasteiger partial charge in [0.25, 0.3) is 5.91 Å². The van der Waals surface area contributed by atoms with E-state index >= 15 is 0 Å². The molecule has 0 radical (unpaired) electrons. The van der Waals surface area contributed by atoms with Gasteiger partial charge in [0.2, 0.25) is 11.8 Å². The van der Waals surface area contributed by atoms with E-state index in [4.69, 9.17) is 10.5 Å². The number of carbonyl (C=O) groups excluding carboxylic acids is 4. The lowest BCUT2D eigenvalue weighted by molar-refractivity contribution is -0.136. The minimum absolute atomic E-state index is 0.0901. The van der Waals surface area contributed by atoms with Crippen LogP contribution in [0.1, 0.15) is 34.3 Å². The van der Waals surface area contributed by atoms with Crippen molar-refractivity contribution < 1.29 is 23.9 Å². The first-order valence-electron chi connectivity index (χ1n) is 8.55. The van der Waals surface area contributed by atoms with E-state index in [0.29, 0.717) is 23.8 Å². The largest absolute Gasteiger partial charge is 0.367 e. The fraction of sp³-hybridized carbons (Fsp3) is 0.368. The Morgan fingerprint density at radius 2 is 2.19 bits per heavy atom. The van der Waals surface area contributed by atoms with Gasteiger partial charge in [-0.05, 0) is 24.1 Å². The molecular weight excluding hydrogens is 350 g/mol. The van der Waals surface area contributed by atoms with Gasteiger partial charge in [0.05, 0.1) is 12.6 Å². The maximum Gasteiger partial charge on any atom is 0.255 e. The van der Waals surface area contributed by atoms with E-state index in [9.17, 15) is 19.2 Å². The topological polar surface area (TPSA) is 119 Å². The summed E-state index contributed by atoms with van der Waals surface area (Å²) in [5, 5.41) is 2.28. The number of benzene rings is 1. The molecule has 8 nitrogen and oxygen atoms in total. The highest BCUT2D eigenvalue weighted by molar-refractivity contribution is 6.05. The molecule has 1 aromatic carbocycles. The summed E-state index contributed by atoms with van der Waals surface area (Å²) in [6.07, 6.45) is 1.13. The number of piperidine rings is 1. The first kappa shape index (κ1) is 18.8. The van der Waals surface area contributed by atoms with Crippen LogP contribution in [0.3, 0.4) is 0 Å². The van der Waals surface area contributed by atoms with Gasteiger partial charge in [-0.25, -0.2) is 0 Å². The average Bonchev–Trinajstić information content (AvgIpc) is 2.99. The maximum atomic E-state index is 12.7. The van der Waals surface area contributed by atoms with Crippen LogP contribution in [0, 0.1) is 11.8 Å². The van der Waals surface area contributed by atoms with Gasteiger partial charge in [0.15, 0.2) is 0 Å². The molecule has 27 heavy (non-hydrogen) atoms. The van der Waals surface area contributed by atoms with E-state index < -0.39 is 18.0 Å². The third kappa shape index (κ3) is 4.05. The van der Waals surface area contributed by atoms with Crippen LogP contribution in [0.5, 0.6) is 0 Å². The fourth-order valence-corrected chi connectivity index (χ4v) is 3.12. The second kappa shape index (κ2) is 8.12. The third-order valence-electron chi connectivity index (χ3n) is 4.46. The summed E-state index contributed by atoms with van der Waals surface area (Å²) < 4.78 is 5.20. The number of rotatable bonds is 5. The Kier molecular flexibility index (Phi) is 5.64. The summed E-state index contributed by atoms with van der Waals surface area (Å²) in [6, 6.07) is 3.90. The van der Waals surface area contributed by atoms with E-state index in [-0.39, 0.29) is 38.0 Å². The number of nitrogens with zero attached hydrogens (tertiary/aromatic N) is 1. The highest BCUT2D eigenvalue weighted by Gasteiger charge is 2.39. The molecule has 0 aromatic heterocycles. The quantitative estimate of drug-likeness (QED) is 0.308. The normalized spacial score (nSPS) is 19.8. The molecule has 3 rings (SSSR count). The summed E-state index contributed by atoms with van der Waals surface area (Å²) in [4.78, 5) is 48.0. The first-order valence-corrected chi connectivity index (χ1v) is 8.55. The second-order valence-corrected chi connectivity index (χ2v) is 6.35. The van der Waals surface area contributed by atoms with E-state index in [1.165, 1.54) is 4.90 Å². The first-order chi connectivity index (χ1) is 13.0. The van der Waals surface area contributed by atoms with Gasteiger partial charge in [0, 0.05) is 24.1 Å². The lowest BCUT2D eigenvalue weighted by Gasteiger charge is -2.29. The molecule has 2 atom stereocenters. The standard InChI is InChI=1S/C19H19N3O5/c20-13(10-23)11-27-8-2-4-12-3-1-5-14-15(12)9-22(19(14)26)16-6-7-17(24)21-18(16)25/h1,3,5,10,13,16H,6-9,11,20H2,(H,21,24,25)/t13-,16?/m0/s1. The molecule has 2 aliphatic heterocycles. The molecule has 1 fully saturated rings. The van der Waals surface area contributed by atoms with Crippen LogP contribution < -0.4 is 11.1 Å². The molecule has 0 saturated carbocycles. The fourth-order valence-electron chi connectivity index (χ4n) is 3.12. The van der Waals surface area contributed by atoms with E-state index in [1.807, 2.05) is 0 Å². The molecule has 3 N–H and O–H groups in total. The Morgan fingerprint density at radius 3 is 2.93 bits per heavy atom. The molecule has 0 bridgehead atoms. The summed E-state index contributed by atoms with van der Waals surface area (Å²) in [5.74, 6) is 4.80. The predicted octanol–water partition coefficient (Wildman–Crippen LogP) is -0.658. The van der Waals surface area contributed by atoms with Crippen molar-refractivity contribution in [3.05, 3.63) is 34.9 Å². The molecule has 1 unspecified atom stereocenters. The van der Waals surface area contributed by atoms with Crippen LogP contribution in [0.4, 0.5) is 0 Å². The summed E-state index contributed by atoms with van der Waals surface area (Å²) >= 11 is 0. The van der Waals surface area contributed by atoms with Crippen LogP contribution in [-0.2, 0) is 25.7 Å². The van der Waals surface area contributed by atoms with Gasteiger partial charge in [-0.2, -0.15) is 0 Å². The SMILES string of the molecule is N[C@@H](C=O)COCC#Cc1cccc2c1CN(C1CCC(=O)NC1=O)C2=O. The molecule has 1 saturated heterocycles. The molecule has 0 spiro atoms. The number of hydrogen-bond donors (Lipinski definition) is 2. The maximum absolute atomic E-state index is 12.7. The summed E-state index contributed by atoms with van der Waals surface area (Å²) in [7, 11) is 0. The van der Waals surface area contributed by atoms with E-state index in [1.54, 1.807) is 18.2 Å². The lowest BCUT2D eigenvalue weighted by atomic mass is 10.0. The minimum atomic E-state index is -0.674. The summed E-state index contributed by atoms with van der Waals surface area (Å²) in [6.45, 7) is 0.463. The van der Waals surface area contributed by atoms with Crippen molar-refractivity contribution in [2.45, 2.75) is 31.5 Å². The van der Waals surface area contributed by atoms with Crippen LogP contribution in [-0.4, -0.2) is 54.2 Å². The van der Waals surface area contributed by atoms with Crippen LogP contribution in [0.25, 0.3) is 0 Å². The number of carbonyl (C=O) groups is 4. The lowest BCUT2D eigenvalue weighted by Crippen LogP contribution is -2.52. The van der Waals surface area contributed by atoms with Crippen molar-refractivity contribution in [3.8, 4) is 11.8 Å². The Hall–Kier alpha value is -3.02. The number of fused-ring (bicyclic) bond motifs is 1. The Balaban J connectivity index is 1.71. The zero-order chi connectivity index (χ0) is 19.4. The van der Waals surface area contributed by atoms with Crippen molar-refractivity contribution in [1.82, 2.24) is 10.2 Å². The minimum Gasteiger partial charge on any atom is -0.367 e. The van der Waals surface area contributed by atoms with Crippen molar-refractivity contribution in [1.29, 1.82) is 0 Å². The predicted molar refractivity (Wildman–Crippen MR) is 94.2 cm³/mol. The summed E-state index contributed by atoms with van der Waals surface area (Å²) in [5.41, 5.74) is 7.37. The molecule has 0 aliphatic carbocycles. The smallest absolute Gasteiger partial charge is 0.255 e. The average molecular weight is 369 g/mol. The van der Waals surface area contributed by atoms with Crippen molar-refractivity contribution in [2.24, 2.45) is 5.73 Å². The number of aldehydes is 1. The van der Waals surface area contributed by atoms with Gasteiger partial charge in [-0.3, -0.25) is 19.7 Å². The number of nitrogens with one attached hydrogen (secondary N) is 1. The van der Waals surface area contributed by atoms with Crippen LogP contribution in [0.2, 0.25) is 0 Å². The molecule has 3 amide bonds. The number of ether oxygens (including phenoxy) is 1. The molecule has 140 valence electrons. The zero-order valence-electron chi connectivity index (χ0n) is 14.6. The Bertz CT molecular complexity index is 855. The van der Waals surface area contributed by atoms with Crippen molar-refractivity contribution in [3.63, 3.8) is 0 Å². The third-order valence-corrected chi connectivity index (χ3v) is 4.46. The monoisotopic (exact) mass is 369 g/mol. The van der Waals surface area contributed by atoms with Gasteiger partial charge in [0.1, 0.15) is 18.9 Å². The van der Waals surface area contributed by atoms with Gasteiger partial charge in [-0.15, -0.1) is 0 Å². The van der Waals surface area contributed by atoms with Crippen LogP contribution >= 0.6 is 0 Å². The van der Waals surface area contributed by atoms with Crippen molar-refractivity contribution in [2.75, 3.05) is 13.2 Å². The number of hydrogen-bond acceptors (Lipinski definition) is 6. The Labute approximate surface area is 156 Å². The Morgan fingerprint density at radius 1 is 1.37 bits per heavy atom. The number of nitrogens with two attached hydrogens (primary N) is 1. The van der Waals surface area contributed by atoms with E-state index in [2.05, 4.69) is 17.2 Å². The van der Waals surface area contributed by atoms with Gasteiger partial charge >= 0.3 is 0 Å². The van der Waals surface area contributed by atoms with Gasteiger partial charge in [-0.1, -0.05) is 17.9 Å². The number of imide groups is 1. The molecule has 2 aliphatic rings. The molecule has 8 heteroatoms. The molecule has 1 aromatic rings. The highest BCUT2D eigenvalue weighted by atomic mass is 16.5.